The molecule has 0 bridgehead atoms. The molecule has 10 heavy (non-hydrogen) atoms. The Bertz CT molecular complexity index is 202. The van der Waals surface area contributed by atoms with E-state index in [4.69, 9.17) is 16.3 Å². The molecule has 0 aliphatic carbocycles. The number of halogens is 1. The molecule has 1 atom stereocenters. The van der Waals surface area contributed by atoms with Crippen molar-refractivity contribution in [3.05, 3.63) is 0 Å². The number of rotatable bonds is 1. The number of ether oxygens (including phenoxy) is 1. The Balaban J connectivity index is 2.82. The second-order valence-electron chi connectivity index (χ2n) is 2.39. The highest BCUT2D eigenvalue weighted by Crippen LogP contribution is 2.21. The molecule has 1 heterocycles. The zero-order valence-electron chi connectivity index (χ0n) is 5.85. The number of nitrogens with zero attached hydrogens (tertiary/aromatic N) is 1. The molecule has 1 rings (SSSR count). The van der Waals surface area contributed by atoms with Crippen LogP contribution in [0.3, 0.4) is 0 Å². The molecule has 4 heteroatoms. The number of hydrogen-bond donors (Lipinski definition) is 0. The molecule has 1 aliphatic heterocycles. The molecule has 3 nitrogen and oxygen atoms in total. The van der Waals surface area contributed by atoms with Crippen molar-refractivity contribution in [3.63, 3.8) is 0 Å². The van der Waals surface area contributed by atoms with Crippen molar-refractivity contribution < 1.29 is 9.53 Å². The second-order valence-corrected chi connectivity index (χ2v) is 2.74. The van der Waals surface area contributed by atoms with Gasteiger partial charge < -0.3 is 4.74 Å². The Kier molecular flexibility index (Phi) is 1.79. The lowest BCUT2D eigenvalue weighted by atomic mass is 10.3. The summed E-state index contributed by atoms with van der Waals surface area (Å²) < 4.78 is 5.03. The van der Waals surface area contributed by atoms with Crippen molar-refractivity contribution >= 4 is 22.6 Å². The first kappa shape index (κ1) is 7.69. The van der Waals surface area contributed by atoms with Crippen LogP contribution >= 0.6 is 11.6 Å². The Morgan fingerprint density at radius 2 is 2.50 bits per heavy atom. The SMILES string of the molecule is CC1=NC(C)(C(=O)Cl)OC1. The number of aliphatic imine (C=N–C) groups is 1. The van der Waals surface area contributed by atoms with Crippen molar-refractivity contribution in [1.82, 2.24) is 0 Å². The molecule has 0 N–H and O–H groups in total. The number of carbonyl (C=O) groups is 1. The molecule has 0 aromatic carbocycles. The maximum atomic E-state index is 10.6. The van der Waals surface area contributed by atoms with Gasteiger partial charge >= 0.3 is 0 Å². The summed E-state index contributed by atoms with van der Waals surface area (Å²) in [4.78, 5) is 14.6. The highest BCUT2D eigenvalue weighted by Gasteiger charge is 2.36. The first-order valence-electron chi connectivity index (χ1n) is 2.94. The third-order valence-corrected chi connectivity index (χ3v) is 1.68. The van der Waals surface area contributed by atoms with E-state index in [2.05, 4.69) is 4.99 Å². The van der Waals surface area contributed by atoms with Crippen LogP contribution in [0.25, 0.3) is 0 Å². The van der Waals surface area contributed by atoms with Gasteiger partial charge in [-0.1, -0.05) is 0 Å². The summed E-state index contributed by atoms with van der Waals surface area (Å²) in [5.74, 6) is 0. The highest BCUT2D eigenvalue weighted by molar-refractivity contribution is 6.65. The minimum atomic E-state index is -1.12. The van der Waals surface area contributed by atoms with E-state index in [1.807, 2.05) is 0 Å². The Morgan fingerprint density at radius 3 is 2.70 bits per heavy atom. The van der Waals surface area contributed by atoms with Crippen molar-refractivity contribution in [2.24, 2.45) is 4.99 Å². The summed E-state index contributed by atoms with van der Waals surface area (Å²) in [6.45, 7) is 3.75. The minimum absolute atomic E-state index is 0.398. The molecule has 0 aromatic rings. The van der Waals surface area contributed by atoms with E-state index in [-0.39, 0.29) is 0 Å². The van der Waals surface area contributed by atoms with Crippen LogP contribution in [-0.4, -0.2) is 23.3 Å². The molecular formula is C6H8ClNO2. The Hall–Kier alpha value is -0.410. The van der Waals surface area contributed by atoms with Crippen LogP contribution in [0.1, 0.15) is 13.8 Å². The van der Waals surface area contributed by atoms with E-state index in [0.29, 0.717) is 6.61 Å². The first-order chi connectivity index (χ1) is 4.54. The Morgan fingerprint density at radius 1 is 1.90 bits per heavy atom. The molecule has 0 saturated heterocycles. The van der Waals surface area contributed by atoms with Gasteiger partial charge in [-0.05, 0) is 25.4 Å². The molecule has 0 fully saturated rings. The lowest BCUT2D eigenvalue weighted by Gasteiger charge is -2.13. The average molecular weight is 162 g/mol. The van der Waals surface area contributed by atoms with Crippen LogP contribution in [0.4, 0.5) is 0 Å². The fourth-order valence-corrected chi connectivity index (χ4v) is 0.871. The van der Waals surface area contributed by atoms with Gasteiger partial charge in [-0.2, -0.15) is 0 Å². The molecule has 0 saturated carbocycles. The molecule has 1 aliphatic rings. The van der Waals surface area contributed by atoms with Crippen molar-refractivity contribution in [3.8, 4) is 0 Å². The van der Waals surface area contributed by atoms with E-state index in [1.165, 1.54) is 0 Å². The van der Waals surface area contributed by atoms with Crippen molar-refractivity contribution in [1.29, 1.82) is 0 Å². The van der Waals surface area contributed by atoms with E-state index in [9.17, 15) is 4.79 Å². The predicted molar refractivity (Wildman–Crippen MR) is 38.3 cm³/mol. The van der Waals surface area contributed by atoms with Gasteiger partial charge in [0.25, 0.3) is 5.24 Å². The van der Waals surface area contributed by atoms with E-state index < -0.39 is 11.0 Å². The van der Waals surface area contributed by atoms with Crippen LogP contribution < -0.4 is 0 Å². The molecule has 56 valence electrons. The zero-order valence-corrected chi connectivity index (χ0v) is 6.60. The standard InChI is InChI=1S/C6H8ClNO2/c1-4-3-10-6(2,8-4)5(7)9/h3H2,1-2H3. The van der Waals surface area contributed by atoms with Crippen LogP contribution in [0.5, 0.6) is 0 Å². The third-order valence-electron chi connectivity index (χ3n) is 1.33. The lowest BCUT2D eigenvalue weighted by Crippen LogP contribution is -2.29. The van der Waals surface area contributed by atoms with Gasteiger partial charge in [0, 0.05) is 5.71 Å². The van der Waals surface area contributed by atoms with E-state index in [0.717, 1.165) is 5.71 Å². The quantitative estimate of drug-likeness (QED) is 0.538. The lowest BCUT2D eigenvalue weighted by molar-refractivity contribution is -0.128. The average Bonchev–Trinajstić information content (AvgIpc) is 2.13. The first-order valence-corrected chi connectivity index (χ1v) is 3.31. The van der Waals surface area contributed by atoms with Crippen molar-refractivity contribution in [2.45, 2.75) is 19.6 Å². The molecule has 0 radical (unpaired) electrons. The number of carbonyl (C=O) groups excluding carboxylic acids is 1. The molecule has 0 spiro atoms. The predicted octanol–water partition coefficient (Wildman–Crippen LogP) is 0.959. The summed E-state index contributed by atoms with van der Waals surface area (Å²) in [5.41, 5.74) is -0.317. The van der Waals surface area contributed by atoms with Crippen LogP contribution in [0.15, 0.2) is 4.99 Å². The molecule has 0 aromatic heterocycles. The summed E-state index contributed by atoms with van der Waals surface area (Å²) in [7, 11) is 0. The van der Waals surface area contributed by atoms with Crippen LogP contribution in [-0.2, 0) is 9.53 Å². The molecule has 1 unspecified atom stereocenters. The Labute approximate surface area is 64.0 Å². The maximum absolute atomic E-state index is 10.6. The van der Waals surface area contributed by atoms with Gasteiger partial charge in [-0.3, -0.25) is 4.79 Å². The summed E-state index contributed by atoms with van der Waals surface area (Å²) in [6.07, 6.45) is 0. The number of hydrogen-bond acceptors (Lipinski definition) is 3. The molecule has 0 amide bonds. The topological polar surface area (TPSA) is 38.7 Å². The van der Waals surface area contributed by atoms with Crippen LogP contribution in [0, 0.1) is 0 Å². The van der Waals surface area contributed by atoms with Crippen LogP contribution in [0.2, 0.25) is 0 Å². The monoisotopic (exact) mass is 161 g/mol. The van der Waals surface area contributed by atoms with Gasteiger partial charge in [-0.15, -0.1) is 0 Å². The van der Waals surface area contributed by atoms with Gasteiger partial charge in [-0.25, -0.2) is 4.99 Å². The maximum Gasteiger partial charge on any atom is 0.276 e. The van der Waals surface area contributed by atoms with Gasteiger partial charge in [0.1, 0.15) is 0 Å². The largest absolute Gasteiger partial charge is 0.340 e. The van der Waals surface area contributed by atoms with E-state index in [1.54, 1.807) is 13.8 Å². The molecular weight excluding hydrogens is 154 g/mol. The van der Waals surface area contributed by atoms with Gasteiger partial charge in [0.15, 0.2) is 0 Å². The summed E-state index contributed by atoms with van der Waals surface area (Å²) in [6, 6.07) is 0. The van der Waals surface area contributed by atoms with Gasteiger partial charge in [0.2, 0.25) is 5.72 Å². The minimum Gasteiger partial charge on any atom is -0.340 e. The smallest absolute Gasteiger partial charge is 0.276 e. The van der Waals surface area contributed by atoms with Gasteiger partial charge in [0.05, 0.1) is 6.61 Å². The summed E-state index contributed by atoms with van der Waals surface area (Å²) in [5, 5.41) is -0.565. The fraction of sp³-hybridized carbons (Fsp3) is 0.667. The van der Waals surface area contributed by atoms with E-state index >= 15 is 0 Å². The highest BCUT2D eigenvalue weighted by atomic mass is 35.5. The summed E-state index contributed by atoms with van der Waals surface area (Å²) >= 11 is 5.22. The fourth-order valence-electron chi connectivity index (χ4n) is 0.774. The second kappa shape index (κ2) is 2.32. The third kappa shape index (κ3) is 1.20. The zero-order chi connectivity index (χ0) is 7.78. The van der Waals surface area contributed by atoms with Crippen molar-refractivity contribution in [2.75, 3.05) is 6.61 Å². The normalized spacial score (nSPS) is 32.1.